The fourth-order valence-electron chi connectivity index (χ4n) is 2.52. The number of hydrogen-bond acceptors (Lipinski definition) is 42. The number of cyclic esters (lactones) is 28. The topological polar surface area (TPSA) is 497 Å². The quantitative estimate of drug-likeness (QED) is 0.224. The molecule has 0 radical (unpaired) electrons. The molecule has 0 atom stereocenters. The molecule has 0 saturated heterocycles. The van der Waals surface area contributed by atoms with Crippen LogP contribution in [0.15, 0.2) is 87.7 Å². The smallest absolute Gasteiger partial charge is 0.400 e. The minimum atomic E-state index is -1.53. The van der Waals surface area contributed by atoms with Crippen molar-refractivity contribution < 1.29 is 200 Å². The highest BCUT2D eigenvalue weighted by Crippen LogP contribution is 2.01. The van der Waals surface area contributed by atoms with Gasteiger partial charge in [0, 0.05) is 0 Å². The van der Waals surface area contributed by atoms with Gasteiger partial charge in [-0.15, -0.1) is 0 Å². The third-order valence-corrected chi connectivity index (χ3v) is 5.16. The predicted molar refractivity (Wildman–Crippen MR) is 204 cm³/mol. The van der Waals surface area contributed by atoms with Crippen molar-refractivity contribution >= 4 is 86.2 Å². The van der Waals surface area contributed by atoms with E-state index in [4.69, 9.17) is 0 Å². The fraction of sp³-hybridized carbons (Fsp3) is 0.200. The molecular weight excluding hydrogens is 1090 g/mol. The molecule has 0 amide bonds. The number of hydrogen-bond donors (Lipinski definition) is 0. The monoisotopic (exact) mass is 1120 g/mol. The Kier molecular flexibility index (Phi) is 33.3. The van der Waals surface area contributed by atoms with E-state index in [2.05, 4.69) is 133 Å². The SMILES string of the molecule is O=C1OC=COC(=O)OCOC(=O)OC=COC(=O)OCOC(=O)OC=COC(=O)OCOC(=O)OC=COC(=O)OCOC(=O)OC=COC(=O)OCOC(=O)OC=COC(=O)OCOC(=O)OC=COC(=O)OCO1. The summed E-state index contributed by atoms with van der Waals surface area (Å²) < 4.78 is 120. The highest BCUT2D eigenvalue weighted by Gasteiger charge is 2.14. The Morgan fingerprint density at radius 2 is 0.208 bits per heavy atom. The average Bonchev–Trinajstić information content (AvgIpc) is 3.38. The van der Waals surface area contributed by atoms with Crippen LogP contribution in [-0.4, -0.2) is 134 Å². The van der Waals surface area contributed by atoms with Gasteiger partial charge in [0.1, 0.15) is 87.7 Å². The van der Waals surface area contributed by atoms with E-state index in [1.807, 2.05) is 0 Å². The van der Waals surface area contributed by atoms with E-state index in [-0.39, 0.29) is 0 Å². The van der Waals surface area contributed by atoms with Gasteiger partial charge in [-0.2, -0.15) is 0 Å². The molecular formula is C35H28O42. The Labute approximate surface area is 421 Å². The minimum Gasteiger partial charge on any atom is -0.400 e. The molecule has 1 rings (SSSR count). The largest absolute Gasteiger partial charge is 0.516 e. The molecule has 0 unspecified atom stereocenters. The Hall–Kier alpha value is -12.0. The maximum Gasteiger partial charge on any atom is 0.516 e. The van der Waals surface area contributed by atoms with E-state index < -0.39 is 134 Å². The van der Waals surface area contributed by atoms with Crippen molar-refractivity contribution in [2.75, 3.05) is 47.6 Å². The van der Waals surface area contributed by atoms with Gasteiger partial charge in [-0.05, 0) is 0 Å². The summed E-state index contributed by atoms with van der Waals surface area (Å²) in [6.45, 7) is -7.74. The van der Waals surface area contributed by atoms with Gasteiger partial charge in [-0.3, -0.25) is 0 Å². The summed E-state index contributed by atoms with van der Waals surface area (Å²) >= 11 is 0. The van der Waals surface area contributed by atoms with Gasteiger partial charge in [0.2, 0.25) is 47.6 Å². The molecule has 420 valence electrons. The Bertz CT molecular complexity index is 1660. The first-order valence-corrected chi connectivity index (χ1v) is 18.2. The van der Waals surface area contributed by atoms with Crippen LogP contribution in [0.1, 0.15) is 0 Å². The summed E-state index contributed by atoms with van der Waals surface area (Å²) in [5.74, 6) is 0. The van der Waals surface area contributed by atoms with Crippen LogP contribution in [0.2, 0.25) is 0 Å². The van der Waals surface area contributed by atoms with E-state index >= 15 is 0 Å². The molecule has 0 aliphatic carbocycles. The molecule has 0 bridgehead atoms. The second kappa shape index (κ2) is 40.7. The van der Waals surface area contributed by atoms with Crippen molar-refractivity contribution in [2.24, 2.45) is 0 Å². The van der Waals surface area contributed by atoms with Crippen LogP contribution in [-0.2, 0) is 133 Å². The Morgan fingerprint density at radius 3 is 0.273 bits per heavy atom. The summed E-state index contributed by atoms with van der Waals surface area (Å²) in [5.41, 5.74) is 0. The van der Waals surface area contributed by atoms with Crippen LogP contribution in [0, 0.1) is 0 Å². The van der Waals surface area contributed by atoms with Crippen molar-refractivity contribution in [3.05, 3.63) is 87.7 Å². The van der Waals surface area contributed by atoms with Gasteiger partial charge in [-0.25, -0.2) is 67.1 Å². The third-order valence-electron chi connectivity index (χ3n) is 5.16. The average molecular weight is 1120 g/mol. The third kappa shape index (κ3) is 39.4. The van der Waals surface area contributed by atoms with Crippen LogP contribution in [0.3, 0.4) is 0 Å². The maximum absolute atomic E-state index is 11.5. The predicted octanol–water partition coefficient (Wildman–Crippen LogP) is 5.15. The summed E-state index contributed by atoms with van der Waals surface area (Å²) in [7, 11) is 0. The number of carbonyl (C=O) groups is 14. The van der Waals surface area contributed by atoms with Crippen LogP contribution >= 0.6 is 0 Å². The lowest BCUT2D eigenvalue weighted by atomic mass is 11.0. The number of carbonyl (C=O) groups excluding carboxylic acids is 14. The van der Waals surface area contributed by atoms with Crippen molar-refractivity contribution in [2.45, 2.75) is 0 Å². The highest BCUT2D eigenvalue weighted by atomic mass is 16.9. The van der Waals surface area contributed by atoms with E-state index in [1.165, 1.54) is 0 Å². The van der Waals surface area contributed by atoms with Gasteiger partial charge in [-0.1, -0.05) is 0 Å². The summed E-state index contributed by atoms with van der Waals surface area (Å²) in [6.07, 6.45) is -15.2. The van der Waals surface area contributed by atoms with Gasteiger partial charge in [0.15, 0.2) is 0 Å². The molecule has 77 heavy (non-hydrogen) atoms. The second-order valence-electron chi connectivity index (χ2n) is 9.90. The standard InChI is InChI=1S/C35H28O42/c36-22-50-1-2-51-23(37)65-16-67-25(39)53-5-6-55-27(41)69-18-71-29(43)57-9-10-59-31(45)73-20-75-33(47)61-13-14-63-35(49)77-21-76-34(48)62-12-11-60-32(46)74-19-72-30(44)58-8-7-56-28(42)70-17-68-26(40)54-4-3-52-24(38)66-15-64-22/h1-14H,15-21H2. The summed E-state index contributed by atoms with van der Waals surface area (Å²) in [6, 6.07) is 0. The minimum absolute atomic E-state index is 0.436. The van der Waals surface area contributed by atoms with E-state index in [0.717, 1.165) is 0 Å². The van der Waals surface area contributed by atoms with Crippen LogP contribution in [0.5, 0.6) is 0 Å². The Morgan fingerprint density at radius 1 is 0.143 bits per heavy atom. The van der Waals surface area contributed by atoms with Gasteiger partial charge < -0.3 is 133 Å². The lowest BCUT2D eigenvalue weighted by molar-refractivity contribution is -0.0282. The number of ether oxygens (including phenoxy) is 28. The second-order valence-corrected chi connectivity index (χ2v) is 9.90. The van der Waals surface area contributed by atoms with Gasteiger partial charge in [0.05, 0.1) is 0 Å². The molecule has 0 fully saturated rings. The molecule has 42 nitrogen and oxygen atoms in total. The molecule has 0 N–H and O–H groups in total. The lowest BCUT2D eigenvalue weighted by Gasteiger charge is -2.05. The van der Waals surface area contributed by atoms with E-state index in [0.29, 0.717) is 87.7 Å². The van der Waals surface area contributed by atoms with Crippen LogP contribution in [0.4, 0.5) is 67.1 Å². The molecule has 1 aliphatic heterocycles. The number of rotatable bonds is 0. The first-order chi connectivity index (χ1) is 37.0. The maximum atomic E-state index is 11.5. The first kappa shape index (κ1) is 63.0. The Balaban J connectivity index is 2.57. The molecule has 0 aromatic heterocycles. The molecule has 0 aromatic carbocycles. The van der Waals surface area contributed by atoms with Gasteiger partial charge in [0.25, 0.3) is 0 Å². The molecule has 1 heterocycles. The normalized spacial score (nSPS) is 17.8. The zero-order valence-electron chi connectivity index (χ0n) is 37.2. The molecule has 1 aliphatic rings. The first-order valence-electron chi connectivity index (χ1n) is 18.2. The summed E-state index contributed by atoms with van der Waals surface area (Å²) in [5, 5.41) is 0. The van der Waals surface area contributed by atoms with Crippen molar-refractivity contribution in [1.82, 2.24) is 0 Å². The van der Waals surface area contributed by atoms with E-state index in [1.54, 1.807) is 0 Å². The molecule has 0 aromatic rings. The van der Waals surface area contributed by atoms with Crippen molar-refractivity contribution in [1.29, 1.82) is 0 Å². The zero-order valence-corrected chi connectivity index (χ0v) is 37.2. The zero-order chi connectivity index (χ0) is 56.7. The summed E-state index contributed by atoms with van der Waals surface area (Å²) in [4.78, 5) is 160. The lowest BCUT2D eigenvalue weighted by Crippen LogP contribution is -2.13. The van der Waals surface area contributed by atoms with E-state index in [9.17, 15) is 67.1 Å². The van der Waals surface area contributed by atoms with Gasteiger partial charge >= 0.3 is 86.2 Å². The van der Waals surface area contributed by atoms with Crippen LogP contribution < -0.4 is 0 Å². The van der Waals surface area contributed by atoms with Crippen molar-refractivity contribution in [3.8, 4) is 0 Å². The molecule has 42 heteroatoms. The fourth-order valence-corrected chi connectivity index (χ4v) is 2.52. The van der Waals surface area contributed by atoms with Crippen molar-refractivity contribution in [3.63, 3.8) is 0 Å². The highest BCUT2D eigenvalue weighted by molar-refractivity contribution is 5.67. The molecule has 0 saturated carbocycles. The van der Waals surface area contributed by atoms with Crippen LogP contribution in [0.25, 0.3) is 0 Å². The molecule has 0 spiro atoms.